The van der Waals surface area contributed by atoms with Crippen LogP contribution >= 0.6 is 11.8 Å². The highest BCUT2D eigenvalue weighted by Gasteiger charge is 2.41. The van der Waals surface area contributed by atoms with E-state index >= 15 is 0 Å². The van der Waals surface area contributed by atoms with Gasteiger partial charge in [-0.25, -0.2) is 0 Å². The summed E-state index contributed by atoms with van der Waals surface area (Å²) in [6.45, 7) is 8.11. The molecular weight excluding hydrogens is 434 g/mol. The number of nitrogens with zero attached hydrogens (tertiary/aromatic N) is 1. The van der Waals surface area contributed by atoms with Gasteiger partial charge in [0.15, 0.2) is 6.35 Å². The zero-order chi connectivity index (χ0) is 22.5. The monoisotopic (exact) mass is 481 g/mol. The SMILES string of the molecule is CC1CCCC(C2CSC(C3CC(N4CCOCC4)NC(OCCC4CCCCN4)N3)N2)C1. The number of nitrogens with one attached hydrogen (secondary N) is 4. The third-order valence-electron chi connectivity index (χ3n) is 8.58. The Morgan fingerprint density at radius 1 is 0.970 bits per heavy atom. The van der Waals surface area contributed by atoms with Crippen molar-refractivity contribution < 1.29 is 9.47 Å². The van der Waals surface area contributed by atoms with Crippen molar-refractivity contribution in [1.82, 2.24) is 26.2 Å². The molecule has 5 aliphatic rings. The third-order valence-corrected chi connectivity index (χ3v) is 9.96. The fraction of sp³-hybridized carbons (Fsp3) is 1.00. The minimum Gasteiger partial charge on any atom is -0.379 e. The molecular formula is C25H47N5O2S. The summed E-state index contributed by atoms with van der Waals surface area (Å²) in [5.41, 5.74) is 0. The predicted octanol–water partition coefficient (Wildman–Crippen LogP) is 2.29. The maximum absolute atomic E-state index is 6.40. The third kappa shape index (κ3) is 6.85. The summed E-state index contributed by atoms with van der Waals surface area (Å²) in [4.78, 5) is 2.57. The van der Waals surface area contributed by atoms with Crippen LogP contribution in [0.15, 0.2) is 0 Å². The predicted molar refractivity (Wildman–Crippen MR) is 135 cm³/mol. The normalized spacial score (nSPS) is 43.5. The fourth-order valence-corrected chi connectivity index (χ4v) is 8.08. The van der Waals surface area contributed by atoms with E-state index in [0.29, 0.717) is 29.7 Å². The van der Waals surface area contributed by atoms with Gasteiger partial charge in [-0.15, -0.1) is 11.8 Å². The number of hydrogen-bond donors (Lipinski definition) is 4. The molecule has 4 saturated heterocycles. The highest BCUT2D eigenvalue weighted by Crippen LogP contribution is 2.36. The van der Waals surface area contributed by atoms with Crippen LogP contribution in [0.2, 0.25) is 0 Å². The highest BCUT2D eigenvalue weighted by atomic mass is 32.2. The van der Waals surface area contributed by atoms with Gasteiger partial charge in [-0.05, 0) is 56.9 Å². The first kappa shape index (κ1) is 24.8. The van der Waals surface area contributed by atoms with E-state index in [9.17, 15) is 0 Å². The van der Waals surface area contributed by atoms with E-state index in [-0.39, 0.29) is 6.35 Å². The van der Waals surface area contributed by atoms with E-state index in [1.165, 1.54) is 50.7 Å². The maximum Gasteiger partial charge on any atom is 0.164 e. The van der Waals surface area contributed by atoms with Crippen LogP contribution < -0.4 is 21.3 Å². The molecule has 4 N–H and O–H groups in total. The molecule has 8 unspecified atom stereocenters. The summed E-state index contributed by atoms with van der Waals surface area (Å²) in [6, 6.07) is 1.73. The number of piperidine rings is 1. The molecule has 0 aromatic rings. The smallest absolute Gasteiger partial charge is 0.164 e. The Kier molecular flexibility index (Phi) is 9.26. The van der Waals surface area contributed by atoms with Crippen molar-refractivity contribution in [3.63, 3.8) is 0 Å². The number of ether oxygens (including phenoxy) is 2. The summed E-state index contributed by atoms with van der Waals surface area (Å²) < 4.78 is 12.0. The first-order valence-corrected chi connectivity index (χ1v) is 14.9. The van der Waals surface area contributed by atoms with Gasteiger partial charge in [0.05, 0.1) is 31.4 Å². The van der Waals surface area contributed by atoms with Crippen LogP contribution in [0.5, 0.6) is 0 Å². The average Bonchev–Trinajstić information content (AvgIpc) is 3.36. The van der Waals surface area contributed by atoms with Crippen LogP contribution in [-0.2, 0) is 9.47 Å². The summed E-state index contributed by atoms with van der Waals surface area (Å²) in [6.07, 6.45) is 12.1. The molecule has 0 aromatic heterocycles. The van der Waals surface area contributed by atoms with E-state index in [4.69, 9.17) is 9.47 Å². The van der Waals surface area contributed by atoms with Crippen molar-refractivity contribution in [2.45, 2.75) is 101 Å². The largest absolute Gasteiger partial charge is 0.379 e. The van der Waals surface area contributed by atoms with Gasteiger partial charge in [0.1, 0.15) is 0 Å². The minimum atomic E-state index is -0.0728. The topological polar surface area (TPSA) is 69.8 Å². The second-order valence-corrected chi connectivity index (χ2v) is 12.3. The first-order chi connectivity index (χ1) is 16.2. The summed E-state index contributed by atoms with van der Waals surface area (Å²) in [7, 11) is 0. The Balaban J connectivity index is 1.16. The quantitative estimate of drug-likeness (QED) is 0.442. The lowest BCUT2D eigenvalue weighted by Gasteiger charge is -2.45. The molecule has 0 aromatic carbocycles. The van der Waals surface area contributed by atoms with Crippen molar-refractivity contribution in [3.05, 3.63) is 0 Å². The molecule has 0 radical (unpaired) electrons. The van der Waals surface area contributed by atoms with Gasteiger partial charge in [-0.2, -0.15) is 0 Å². The summed E-state index contributed by atoms with van der Waals surface area (Å²) in [5.74, 6) is 3.01. The van der Waals surface area contributed by atoms with Crippen molar-refractivity contribution in [2.24, 2.45) is 11.8 Å². The Hall–Kier alpha value is 0.0700. The van der Waals surface area contributed by atoms with Crippen molar-refractivity contribution in [2.75, 3.05) is 45.2 Å². The lowest BCUT2D eigenvalue weighted by Crippen LogP contribution is -2.68. The lowest BCUT2D eigenvalue weighted by atomic mass is 9.79. The zero-order valence-electron chi connectivity index (χ0n) is 20.6. The Morgan fingerprint density at radius 3 is 2.70 bits per heavy atom. The first-order valence-electron chi connectivity index (χ1n) is 13.8. The Bertz CT molecular complexity index is 589. The summed E-state index contributed by atoms with van der Waals surface area (Å²) >= 11 is 2.14. The molecule has 0 amide bonds. The van der Waals surface area contributed by atoms with Gasteiger partial charge in [-0.3, -0.25) is 15.5 Å². The van der Waals surface area contributed by atoms with Crippen molar-refractivity contribution in [3.8, 4) is 0 Å². The maximum atomic E-state index is 6.40. The molecule has 4 aliphatic heterocycles. The van der Waals surface area contributed by atoms with Crippen LogP contribution in [-0.4, -0.2) is 86.1 Å². The molecule has 0 bridgehead atoms. The molecule has 1 aliphatic carbocycles. The number of rotatable bonds is 7. The molecule has 4 heterocycles. The zero-order valence-corrected chi connectivity index (χ0v) is 21.4. The van der Waals surface area contributed by atoms with Crippen molar-refractivity contribution >= 4 is 11.8 Å². The van der Waals surface area contributed by atoms with E-state index in [0.717, 1.165) is 64.1 Å². The molecule has 190 valence electrons. The molecule has 8 atom stereocenters. The Labute approximate surface area is 205 Å². The lowest BCUT2D eigenvalue weighted by molar-refractivity contribution is -0.0758. The van der Waals surface area contributed by atoms with Crippen LogP contribution in [0.4, 0.5) is 0 Å². The fourth-order valence-electron chi connectivity index (χ4n) is 6.61. The summed E-state index contributed by atoms with van der Waals surface area (Å²) in [5, 5.41) is 15.8. The number of morpholine rings is 1. The van der Waals surface area contributed by atoms with Gasteiger partial charge in [0.25, 0.3) is 0 Å². The molecule has 7 nitrogen and oxygen atoms in total. The second-order valence-electron chi connectivity index (χ2n) is 11.1. The number of hydrogen-bond acceptors (Lipinski definition) is 8. The number of thioether (sulfide) groups is 1. The molecule has 5 rings (SSSR count). The van der Waals surface area contributed by atoms with Gasteiger partial charge in [0.2, 0.25) is 0 Å². The van der Waals surface area contributed by atoms with Gasteiger partial charge >= 0.3 is 0 Å². The van der Waals surface area contributed by atoms with Gasteiger partial charge < -0.3 is 20.1 Å². The molecule has 5 fully saturated rings. The van der Waals surface area contributed by atoms with Crippen LogP contribution in [0.1, 0.15) is 64.7 Å². The standard InChI is InChI=1S/C25H47N5O2S/c1-18-5-4-6-19(15-18)22-17-33-24(27-22)21-16-23(30-10-13-31-14-11-30)29-25(28-21)32-12-8-20-7-2-3-9-26-20/h18-29H,2-17H2,1H3. The van der Waals surface area contributed by atoms with Crippen LogP contribution in [0.25, 0.3) is 0 Å². The molecule has 33 heavy (non-hydrogen) atoms. The van der Waals surface area contributed by atoms with E-state index in [1.54, 1.807) is 0 Å². The molecule has 1 saturated carbocycles. The van der Waals surface area contributed by atoms with E-state index in [1.807, 2.05) is 0 Å². The van der Waals surface area contributed by atoms with E-state index < -0.39 is 0 Å². The van der Waals surface area contributed by atoms with Gasteiger partial charge in [0, 0.05) is 37.0 Å². The second kappa shape index (κ2) is 12.3. The van der Waals surface area contributed by atoms with Crippen LogP contribution in [0.3, 0.4) is 0 Å². The molecule has 0 spiro atoms. The van der Waals surface area contributed by atoms with Crippen molar-refractivity contribution in [1.29, 1.82) is 0 Å². The average molecular weight is 482 g/mol. The van der Waals surface area contributed by atoms with Crippen LogP contribution in [0, 0.1) is 11.8 Å². The van der Waals surface area contributed by atoms with E-state index in [2.05, 4.69) is 44.9 Å². The van der Waals surface area contributed by atoms with Gasteiger partial charge in [-0.1, -0.05) is 26.2 Å². The Morgan fingerprint density at radius 2 is 1.88 bits per heavy atom. The minimum absolute atomic E-state index is 0.0728. The molecule has 8 heteroatoms. The highest BCUT2D eigenvalue weighted by molar-refractivity contribution is 8.00.